The zero-order valence-corrected chi connectivity index (χ0v) is 16.5. The van der Waals surface area contributed by atoms with Crippen LogP contribution in [-0.2, 0) is 21.9 Å². The van der Waals surface area contributed by atoms with Crippen LogP contribution in [0.1, 0.15) is 51.4 Å². The maximum atomic E-state index is 12.7. The molecule has 0 N–H and O–H groups in total. The zero-order valence-electron chi connectivity index (χ0n) is 15.6. The Morgan fingerprint density at radius 1 is 1.12 bits per heavy atom. The Morgan fingerprint density at radius 2 is 1.88 bits per heavy atom. The molecule has 1 aromatic rings. The first kappa shape index (κ1) is 19.4. The number of rotatable bonds is 5. The van der Waals surface area contributed by atoms with Gasteiger partial charge in [0.1, 0.15) is 4.90 Å². The molecule has 146 valence electrons. The Bertz CT molecular complexity index is 710. The van der Waals surface area contributed by atoms with Crippen LogP contribution in [0.15, 0.2) is 17.3 Å². The summed E-state index contributed by atoms with van der Waals surface area (Å²) in [6, 6.07) is 0. The number of hydrogen-bond acceptors (Lipinski definition) is 4. The summed E-state index contributed by atoms with van der Waals surface area (Å²) in [5, 5.41) is 3.96. The first-order valence-corrected chi connectivity index (χ1v) is 11.2. The summed E-state index contributed by atoms with van der Waals surface area (Å²) in [7, 11) is -1.83. The standard InChI is InChI=1S/C18H30N4O3S/c1-20-15-17(14-19-20)26(24,25)22-11-5-10-21(12-13-22)18(23)9-8-16-6-3-2-4-7-16/h14-16H,2-13H2,1H3. The highest BCUT2D eigenvalue weighted by atomic mass is 32.2. The fourth-order valence-electron chi connectivity index (χ4n) is 4.03. The lowest BCUT2D eigenvalue weighted by atomic mass is 9.86. The number of aryl methyl sites for hydroxylation is 1. The molecule has 3 rings (SSSR count). The minimum Gasteiger partial charge on any atom is -0.341 e. The third-order valence-corrected chi connectivity index (χ3v) is 7.47. The van der Waals surface area contributed by atoms with E-state index in [1.807, 2.05) is 4.90 Å². The summed E-state index contributed by atoms with van der Waals surface area (Å²) in [6.07, 6.45) is 11.6. The lowest BCUT2D eigenvalue weighted by Crippen LogP contribution is -2.37. The molecule has 2 fully saturated rings. The molecular weight excluding hydrogens is 352 g/mol. The Kier molecular flexibility index (Phi) is 6.34. The van der Waals surface area contributed by atoms with Gasteiger partial charge in [-0.25, -0.2) is 8.42 Å². The van der Waals surface area contributed by atoms with Gasteiger partial charge in [0, 0.05) is 45.8 Å². The van der Waals surface area contributed by atoms with E-state index in [1.165, 1.54) is 53.5 Å². The average Bonchev–Trinajstić information content (AvgIpc) is 2.93. The highest BCUT2D eigenvalue weighted by molar-refractivity contribution is 7.89. The van der Waals surface area contributed by atoms with E-state index in [0.29, 0.717) is 44.9 Å². The topological polar surface area (TPSA) is 75.5 Å². The van der Waals surface area contributed by atoms with Crippen LogP contribution in [0.5, 0.6) is 0 Å². The van der Waals surface area contributed by atoms with Gasteiger partial charge in [0.05, 0.1) is 6.20 Å². The predicted molar refractivity (Wildman–Crippen MR) is 99.0 cm³/mol. The number of nitrogens with zero attached hydrogens (tertiary/aromatic N) is 4. The van der Waals surface area contributed by atoms with E-state index in [9.17, 15) is 13.2 Å². The fourth-order valence-corrected chi connectivity index (χ4v) is 5.48. The van der Waals surface area contributed by atoms with Crippen LogP contribution >= 0.6 is 0 Å². The van der Waals surface area contributed by atoms with Crippen LogP contribution in [0.25, 0.3) is 0 Å². The second kappa shape index (κ2) is 8.52. The number of carbonyl (C=O) groups excluding carboxylic acids is 1. The second-order valence-corrected chi connectivity index (χ2v) is 9.47. The summed E-state index contributed by atoms with van der Waals surface area (Å²) in [5.41, 5.74) is 0. The minimum atomic E-state index is -3.53. The Hall–Kier alpha value is -1.41. The zero-order chi connectivity index (χ0) is 18.6. The van der Waals surface area contributed by atoms with Crippen LogP contribution in [-0.4, -0.2) is 59.5 Å². The smallest absolute Gasteiger partial charge is 0.246 e. The third kappa shape index (κ3) is 4.65. The van der Waals surface area contributed by atoms with Crippen molar-refractivity contribution in [2.45, 2.75) is 56.3 Å². The maximum Gasteiger partial charge on any atom is 0.246 e. The molecule has 1 saturated heterocycles. The van der Waals surface area contributed by atoms with Gasteiger partial charge < -0.3 is 4.90 Å². The van der Waals surface area contributed by atoms with Crippen LogP contribution in [0.2, 0.25) is 0 Å². The average molecular weight is 383 g/mol. The summed E-state index contributed by atoms with van der Waals surface area (Å²) in [4.78, 5) is 14.6. The Balaban J connectivity index is 1.53. The van der Waals surface area contributed by atoms with E-state index in [4.69, 9.17) is 0 Å². The molecule has 0 radical (unpaired) electrons. The molecule has 1 saturated carbocycles. The fraction of sp³-hybridized carbons (Fsp3) is 0.778. The summed E-state index contributed by atoms with van der Waals surface area (Å²) in [6.45, 7) is 1.92. The first-order valence-electron chi connectivity index (χ1n) is 9.73. The van der Waals surface area contributed by atoms with E-state index >= 15 is 0 Å². The number of carbonyl (C=O) groups is 1. The molecule has 2 aliphatic rings. The maximum absolute atomic E-state index is 12.7. The molecular formula is C18H30N4O3S. The van der Waals surface area contributed by atoms with Crippen LogP contribution in [0.3, 0.4) is 0 Å². The summed E-state index contributed by atoms with van der Waals surface area (Å²) in [5.74, 6) is 0.873. The number of hydrogen-bond donors (Lipinski definition) is 0. The number of amides is 1. The monoisotopic (exact) mass is 382 g/mol. The largest absolute Gasteiger partial charge is 0.341 e. The quantitative estimate of drug-likeness (QED) is 0.781. The Morgan fingerprint density at radius 3 is 2.58 bits per heavy atom. The normalized spacial score (nSPS) is 20.9. The van der Waals surface area contributed by atoms with Gasteiger partial charge in [0.15, 0.2) is 0 Å². The van der Waals surface area contributed by atoms with Gasteiger partial charge in [-0.15, -0.1) is 0 Å². The van der Waals surface area contributed by atoms with Crippen molar-refractivity contribution in [1.29, 1.82) is 0 Å². The minimum absolute atomic E-state index is 0.177. The molecule has 1 aromatic heterocycles. The van der Waals surface area contributed by atoms with Crippen LogP contribution in [0, 0.1) is 5.92 Å². The SMILES string of the molecule is Cn1cc(S(=O)(=O)N2CCCN(C(=O)CCC3CCCCC3)CC2)cn1. The molecule has 0 spiro atoms. The van der Waals surface area contributed by atoms with Gasteiger partial charge in [-0.3, -0.25) is 9.48 Å². The summed E-state index contributed by atoms with van der Waals surface area (Å²) >= 11 is 0. The van der Waals surface area contributed by atoms with E-state index in [0.717, 1.165) is 6.42 Å². The van der Waals surface area contributed by atoms with Gasteiger partial charge in [-0.1, -0.05) is 32.1 Å². The molecule has 0 unspecified atom stereocenters. The lowest BCUT2D eigenvalue weighted by molar-refractivity contribution is -0.131. The molecule has 1 amide bonds. The van der Waals surface area contributed by atoms with Crippen molar-refractivity contribution in [3.8, 4) is 0 Å². The van der Waals surface area contributed by atoms with E-state index in [2.05, 4.69) is 5.10 Å². The van der Waals surface area contributed by atoms with Gasteiger partial charge in [0.2, 0.25) is 15.9 Å². The van der Waals surface area contributed by atoms with E-state index in [-0.39, 0.29) is 10.8 Å². The molecule has 26 heavy (non-hydrogen) atoms. The molecule has 1 aliphatic heterocycles. The van der Waals surface area contributed by atoms with Crippen molar-refractivity contribution in [1.82, 2.24) is 19.0 Å². The molecule has 0 atom stereocenters. The number of sulfonamides is 1. The highest BCUT2D eigenvalue weighted by Gasteiger charge is 2.29. The van der Waals surface area contributed by atoms with E-state index < -0.39 is 10.0 Å². The van der Waals surface area contributed by atoms with Gasteiger partial charge in [-0.2, -0.15) is 9.40 Å². The first-order chi connectivity index (χ1) is 12.5. The molecule has 7 nitrogen and oxygen atoms in total. The van der Waals surface area contributed by atoms with Gasteiger partial charge in [0.25, 0.3) is 0 Å². The Labute approximate surface area is 156 Å². The second-order valence-electron chi connectivity index (χ2n) is 7.53. The van der Waals surface area contributed by atoms with Crippen molar-refractivity contribution in [3.05, 3.63) is 12.4 Å². The van der Waals surface area contributed by atoms with Crippen LogP contribution < -0.4 is 0 Å². The van der Waals surface area contributed by atoms with Crippen molar-refractivity contribution in [2.75, 3.05) is 26.2 Å². The lowest BCUT2D eigenvalue weighted by Gasteiger charge is -2.24. The van der Waals surface area contributed by atoms with Crippen molar-refractivity contribution in [3.63, 3.8) is 0 Å². The van der Waals surface area contributed by atoms with E-state index in [1.54, 1.807) is 7.05 Å². The predicted octanol–water partition coefficient (Wildman–Crippen LogP) is 2.00. The third-order valence-electron chi connectivity index (χ3n) is 5.62. The van der Waals surface area contributed by atoms with Crippen molar-refractivity contribution in [2.24, 2.45) is 13.0 Å². The molecule has 0 bridgehead atoms. The van der Waals surface area contributed by atoms with Gasteiger partial charge >= 0.3 is 0 Å². The van der Waals surface area contributed by atoms with Crippen molar-refractivity contribution >= 4 is 15.9 Å². The number of aromatic nitrogens is 2. The van der Waals surface area contributed by atoms with Crippen molar-refractivity contribution < 1.29 is 13.2 Å². The highest BCUT2D eigenvalue weighted by Crippen LogP contribution is 2.27. The van der Waals surface area contributed by atoms with Gasteiger partial charge in [-0.05, 0) is 18.8 Å². The summed E-state index contributed by atoms with van der Waals surface area (Å²) < 4.78 is 28.4. The molecule has 2 heterocycles. The molecule has 1 aliphatic carbocycles. The molecule has 8 heteroatoms. The molecule has 0 aromatic carbocycles. The van der Waals surface area contributed by atoms with Crippen LogP contribution in [0.4, 0.5) is 0 Å².